The average molecular weight is 640 g/mol. The van der Waals surface area contributed by atoms with Gasteiger partial charge in [-0.1, -0.05) is 41.5 Å². The molecular formula is C33H20F3N5O2S2. The summed E-state index contributed by atoms with van der Waals surface area (Å²) in [5.74, 6) is 0.0455. The second kappa shape index (κ2) is 10.8. The van der Waals surface area contributed by atoms with Crippen molar-refractivity contribution in [3.8, 4) is 10.4 Å². The summed E-state index contributed by atoms with van der Waals surface area (Å²) in [5, 5.41) is 0.373. The minimum Gasteiger partial charge on any atom is -0.302 e. The summed E-state index contributed by atoms with van der Waals surface area (Å²) in [7, 11) is 0. The highest BCUT2D eigenvalue weighted by Crippen LogP contribution is 2.43. The Morgan fingerprint density at radius 2 is 1.40 bits per heavy atom. The van der Waals surface area contributed by atoms with Gasteiger partial charge in [0, 0.05) is 38.8 Å². The van der Waals surface area contributed by atoms with Crippen molar-refractivity contribution in [2.45, 2.75) is 20.0 Å². The number of alkyl halides is 3. The minimum atomic E-state index is -4.66. The van der Waals surface area contributed by atoms with E-state index in [2.05, 4.69) is 72.2 Å². The van der Waals surface area contributed by atoms with E-state index in [9.17, 15) is 22.8 Å². The van der Waals surface area contributed by atoms with Crippen LogP contribution in [0, 0.1) is 13.8 Å². The van der Waals surface area contributed by atoms with Crippen LogP contribution < -0.4 is 21.1 Å². The number of nitrogens with zero attached hydrogens (tertiary/aromatic N) is 5. The topological polar surface area (TPSA) is 88.4 Å². The molecule has 3 heterocycles. The number of rotatable bonds is 5. The van der Waals surface area contributed by atoms with Crippen LogP contribution in [0.3, 0.4) is 0 Å². The quantitative estimate of drug-likeness (QED) is 0.178. The number of hydrogen-bond donors (Lipinski definition) is 0. The molecule has 7 rings (SSSR count). The molecule has 45 heavy (non-hydrogen) atoms. The highest BCUT2D eigenvalue weighted by Gasteiger charge is 2.31. The number of benzene rings is 3. The van der Waals surface area contributed by atoms with Crippen LogP contribution in [0.1, 0.15) is 16.7 Å². The van der Waals surface area contributed by atoms with Crippen molar-refractivity contribution in [3.05, 3.63) is 128 Å². The van der Waals surface area contributed by atoms with Crippen molar-refractivity contribution in [1.82, 2.24) is 13.7 Å². The summed E-state index contributed by atoms with van der Waals surface area (Å²) < 4.78 is 48.5. The lowest BCUT2D eigenvalue weighted by Gasteiger charge is -2.24. The van der Waals surface area contributed by atoms with Crippen molar-refractivity contribution in [2.75, 3.05) is 4.90 Å². The van der Waals surface area contributed by atoms with Crippen LogP contribution in [0.25, 0.3) is 32.2 Å². The van der Waals surface area contributed by atoms with Crippen LogP contribution in [0.15, 0.2) is 99.6 Å². The Morgan fingerprint density at radius 3 is 2.04 bits per heavy atom. The first-order valence-corrected chi connectivity index (χ1v) is 15.2. The van der Waals surface area contributed by atoms with Gasteiger partial charge in [0.1, 0.15) is 21.4 Å². The zero-order valence-corrected chi connectivity index (χ0v) is 25.2. The highest BCUT2D eigenvalue weighted by atomic mass is 32.1. The van der Waals surface area contributed by atoms with Crippen LogP contribution in [0.2, 0.25) is 0 Å². The molecule has 222 valence electrons. The molecule has 0 amide bonds. The number of aryl methyl sites for hydroxylation is 2. The third kappa shape index (κ3) is 5.11. The summed E-state index contributed by atoms with van der Waals surface area (Å²) in [5.41, 5.74) is 2.77. The van der Waals surface area contributed by atoms with E-state index in [-0.39, 0.29) is 21.9 Å². The fourth-order valence-electron chi connectivity index (χ4n) is 5.09. The highest BCUT2D eigenvalue weighted by molar-refractivity contribution is 7.19. The van der Waals surface area contributed by atoms with E-state index in [1.165, 1.54) is 0 Å². The van der Waals surface area contributed by atoms with E-state index >= 15 is 0 Å². The van der Waals surface area contributed by atoms with Crippen molar-refractivity contribution in [1.29, 1.82) is 0 Å². The van der Waals surface area contributed by atoms with E-state index in [1.54, 1.807) is 17.5 Å². The van der Waals surface area contributed by atoms with Gasteiger partial charge in [-0.15, -0.1) is 11.3 Å². The van der Waals surface area contributed by atoms with E-state index < -0.39 is 22.6 Å². The lowest BCUT2D eigenvalue weighted by molar-refractivity contribution is -0.137. The van der Waals surface area contributed by atoms with Gasteiger partial charge >= 0.3 is 6.18 Å². The Balaban J connectivity index is 1.32. The molecule has 0 fully saturated rings. The lowest BCUT2D eigenvalue weighted by atomic mass is 10.1. The van der Waals surface area contributed by atoms with E-state index in [1.807, 2.05) is 26.0 Å². The Labute approximate surface area is 261 Å². The molecule has 0 N–H and O–H groups in total. The number of anilines is 3. The van der Waals surface area contributed by atoms with E-state index in [0.29, 0.717) is 22.7 Å². The minimum absolute atomic E-state index is 0.0235. The molecule has 0 spiro atoms. The summed E-state index contributed by atoms with van der Waals surface area (Å²) in [4.78, 5) is 37.2. The smallest absolute Gasteiger partial charge is 0.302 e. The maximum Gasteiger partial charge on any atom is 0.416 e. The molecule has 0 saturated carbocycles. The molecule has 0 aliphatic rings. The maximum absolute atomic E-state index is 13.2. The Bertz CT molecular complexity index is 2340. The molecule has 4 aromatic carbocycles. The molecule has 7 nitrogen and oxygen atoms in total. The third-order valence-corrected chi connectivity index (χ3v) is 9.05. The Kier molecular flexibility index (Phi) is 6.90. The van der Waals surface area contributed by atoms with Crippen molar-refractivity contribution < 1.29 is 13.2 Å². The van der Waals surface area contributed by atoms with Crippen LogP contribution in [-0.2, 0) is 6.18 Å². The molecule has 0 saturated heterocycles. The van der Waals surface area contributed by atoms with Crippen molar-refractivity contribution in [3.63, 3.8) is 0 Å². The summed E-state index contributed by atoms with van der Waals surface area (Å²) >= 11 is 2.48. The van der Waals surface area contributed by atoms with Crippen LogP contribution in [0.4, 0.5) is 35.4 Å². The van der Waals surface area contributed by atoms with E-state index in [0.717, 1.165) is 56.2 Å². The van der Waals surface area contributed by atoms with Gasteiger partial charge in [-0.25, -0.2) is 9.98 Å². The Morgan fingerprint density at radius 1 is 0.756 bits per heavy atom. The first-order valence-electron chi connectivity index (χ1n) is 13.6. The number of hydrogen-bond acceptors (Lipinski definition) is 9. The molecule has 0 aliphatic carbocycles. The SMILES string of the molecule is Cc1ccc(N(c2ccc(C)cc2)c2ccc(-c3cnc(/N=c4\c(=O)c(=O)c5cc(C(F)(F)F)ccc45)c4nsnc34)s2)cc1. The first-order chi connectivity index (χ1) is 21.6. The summed E-state index contributed by atoms with van der Waals surface area (Å²) in [6, 6.07) is 23.1. The standard InChI is InChI=1S/C33H20F3N5O2S2/c1-17-3-8-20(9-4-17)41(21-10-5-18(2)6-11-21)26-14-13-25(44-26)24-16-37-32(29-27(24)39-45-40-29)38-28-22-12-7-19(33(34,35)36)15-23(22)30(42)31(28)43/h3-16H,1-2H3/b38-28-. The molecule has 3 aromatic heterocycles. The molecule has 12 heteroatoms. The molecule has 0 bridgehead atoms. The second-order valence-electron chi connectivity index (χ2n) is 10.5. The predicted molar refractivity (Wildman–Crippen MR) is 172 cm³/mol. The molecule has 0 aliphatic heterocycles. The number of halogens is 3. The molecule has 0 radical (unpaired) electrons. The molecule has 0 unspecified atom stereocenters. The van der Waals surface area contributed by atoms with Gasteiger partial charge in [-0.05, 0) is 62.4 Å². The van der Waals surface area contributed by atoms with Crippen LogP contribution in [0.5, 0.6) is 0 Å². The van der Waals surface area contributed by atoms with Crippen molar-refractivity contribution >= 4 is 67.1 Å². The second-order valence-corrected chi connectivity index (χ2v) is 12.1. The third-order valence-electron chi connectivity index (χ3n) is 7.42. The fourth-order valence-corrected chi connectivity index (χ4v) is 6.71. The number of aromatic nitrogens is 3. The van der Waals surface area contributed by atoms with Gasteiger partial charge in [-0.3, -0.25) is 9.59 Å². The lowest BCUT2D eigenvalue weighted by Crippen LogP contribution is -2.30. The maximum atomic E-state index is 13.2. The summed E-state index contributed by atoms with van der Waals surface area (Å²) in [6.07, 6.45) is -3.08. The molecule has 7 aromatic rings. The zero-order chi connectivity index (χ0) is 31.5. The molecular weight excluding hydrogens is 620 g/mol. The van der Waals surface area contributed by atoms with Gasteiger partial charge in [0.2, 0.25) is 5.43 Å². The van der Waals surface area contributed by atoms with Gasteiger partial charge < -0.3 is 4.90 Å². The fraction of sp³-hybridized carbons (Fsp3) is 0.0909. The van der Waals surface area contributed by atoms with Crippen LogP contribution in [-0.4, -0.2) is 13.7 Å². The number of pyridine rings is 1. The van der Waals surface area contributed by atoms with Crippen LogP contribution >= 0.6 is 23.1 Å². The summed E-state index contributed by atoms with van der Waals surface area (Å²) in [6.45, 7) is 4.08. The Hall–Kier alpha value is -5.07. The van der Waals surface area contributed by atoms with Crippen molar-refractivity contribution in [2.24, 2.45) is 4.99 Å². The number of fused-ring (bicyclic) bond motifs is 2. The zero-order valence-electron chi connectivity index (χ0n) is 23.6. The number of thiophene rings is 1. The molecule has 0 atom stereocenters. The van der Waals surface area contributed by atoms with E-state index in [4.69, 9.17) is 0 Å². The van der Waals surface area contributed by atoms with Gasteiger partial charge in [0.25, 0.3) is 5.43 Å². The monoisotopic (exact) mass is 639 g/mol. The largest absolute Gasteiger partial charge is 0.416 e. The average Bonchev–Trinajstić information content (AvgIpc) is 3.76. The van der Waals surface area contributed by atoms with Gasteiger partial charge in [0.15, 0.2) is 5.82 Å². The van der Waals surface area contributed by atoms with Gasteiger partial charge in [-0.2, -0.15) is 21.9 Å². The normalized spacial score (nSPS) is 12.4. The predicted octanol–water partition coefficient (Wildman–Crippen LogP) is 7.90. The van der Waals surface area contributed by atoms with Gasteiger partial charge in [0.05, 0.1) is 17.3 Å². The first kappa shape index (κ1) is 28.7.